The van der Waals surface area contributed by atoms with Crippen LogP contribution < -0.4 is 10.1 Å². The van der Waals surface area contributed by atoms with Crippen molar-refractivity contribution in [3.8, 4) is 5.75 Å². The van der Waals surface area contributed by atoms with Crippen LogP contribution in [0.3, 0.4) is 0 Å². The second-order valence-corrected chi connectivity index (χ2v) is 10.7. The molecule has 0 amide bonds. The molecule has 2 fully saturated rings. The first-order valence-corrected chi connectivity index (χ1v) is 10.9. The first-order chi connectivity index (χ1) is 10.7. The molecule has 2 aliphatic rings. The van der Waals surface area contributed by atoms with Crippen LogP contribution in [0.25, 0.3) is 0 Å². The summed E-state index contributed by atoms with van der Waals surface area (Å²) in [4.78, 5) is 0.0738. The largest absolute Gasteiger partial charge is 0.495 e. The molecule has 128 valence electrons. The quantitative estimate of drug-likeness (QED) is 0.832. The van der Waals surface area contributed by atoms with Crippen molar-refractivity contribution in [2.75, 3.05) is 18.6 Å². The first kappa shape index (κ1) is 16.7. The summed E-state index contributed by atoms with van der Waals surface area (Å²) in [7, 11) is -5.76. The minimum Gasteiger partial charge on any atom is -0.495 e. The third-order valence-corrected chi connectivity index (χ3v) is 8.52. The molecule has 3 rings (SSSR count). The lowest BCUT2D eigenvalue weighted by Gasteiger charge is -2.21. The third kappa shape index (κ3) is 3.39. The normalized spacial score (nSPS) is 27.0. The maximum Gasteiger partial charge on any atom is 0.187 e. The highest BCUT2D eigenvalue weighted by Crippen LogP contribution is 2.33. The minimum atomic E-state index is -3.81. The summed E-state index contributed by atoms with van der Waals surface area (Å²) in [6, 6.07) is 4.61. The van der Waals surface area contributed by atoms with Gasteiger partial charge in [-0.25, -0.2) is 16.8 Å². The molecule has 0 spiro atoms. The molecule has 1 N–H and O–H groups in total. The number of hydrogen-bond acceptors (Lipinski definition) is 6. The fraction of sp³-hybridized carbons (Fsp3) is 0.600. The Morgan fingerprint density at radius 2 is 1.91 bits per heavy atom. The first-order valence-electron chi connectivity index (χ1n) is 7.58. The molecule has 1 aromatic rings. The molecule has 6 nitrogen and oxygen atoms in total. The van der Waals surface area contributed by atoms with Crippen LogP contribution in [0.5, 0.6) is 5.75 Å². The summed E-state index contributed by atoms with van der Waals surface area (Å²) in [6.45, 7) is 1.80. The molecule has 1 heterocycles. The van der Waals surface area contributed by atoms with Crippen molar-refractivity contribution < 1.29 is 21.6 Å². The lowest BCUT2D eigenvalue weighted by atomic mass is 10.2. The minimum absolute atomic E-state index is 0.0738. The molecule has 2 atom stereocenters. The van der Waals surface area contributed by atoms with E-state index in [1.54, 1.807) is 25.1 Å². The molecule has 1 saturated carbocycles. The van der Waals surface area contributed by atoms with E-state index in [0.29, 0.717) is 0 Å². The summed E-state index contributed by atoms with van der Waals surface area (Å²) in [5.41, 5.74) is 0.789. The highest BCUT2D eigenvalue weighted by molar-refractivity contribution is 7.96. The summed E-state index contributed by atoms with van der Waals surface area (Å²) in [6.07, 6.45) is 1.94. The smallest absolute Gasteiger partial charge is 0.187 e. The second kappa shape index (κ2) is 5.75. The van der Waals surface area contributed by atoms with E-state index in [2.05, 4.69) is 5.32 Å². The van der Waals surface area contributed by atoms with Crippen molar-refractivity contribution in [2.24, 2.45) is 0 Å². The highest BCUT2D eigenvalue weighted by atomic mass is 32.2. The van der Waals surface area contributed by atoms with Gasteiger partial charge in [-0.2, -0.15) is 0 Å². The number of methoxy groups -OCH3 is 1. The van der Waals surface area contributed by atoms with E-state index >= 15 is 0 Å². The molecular weight excluding hydrogens is 338 g/mol. The van der Waals surface area contributed by atoms with Gasteiger partial charge >= 0.3 is 0 Å². The van der Waals surface area contributed by atoms with Gasteiger partial charge in [0.15, 0.2) is 19.7 Å². The van der Waals surface area contributed by atoms with Gasteiger partial charge in [0.2, 0.25) is 0 Å². The molecule has 23 heavy (non-hydrogen) atoms. The number of ether oxygens (including phenoxy) is 1. The Morgan fingerprint density at radius 1 is 1.22 bits per heavy atom. The van der Waals surface area contributed by atoms with E-state index < -0.39 is 31.0 Å². The molecule has 8 heteroatoms. The molecule has 1 aliphatic heterocycles. The van der Waals surface area contributed by atoms with Gasteiger partial charge in [0.05, 0.1) is 23.9 Å². The second-order valence-electron chi connectivity index (χ2n) is 6.36. The van der Waals surface area contributed by atoms with Crippen molar-refractivity contribution in [1.29, 1.82) is 0 Å². The van der Waals surface area contributed by atoms with Crippen molar-refractivity contribution in [1.82, 2.24) is 5.32 Å². The Labute approximate surface area is 137 Å². The molecule has 2 unspecified atom stereocenters. The molecule has 0 aromatic heterocycles. The number of sulfone groups is 2. The van der Waals surface area contributed by atoms with E-state index in [0.717, 1.165) is 18.4 Å². The Balaban J connectivity index is 2.01. The average molecular weight is 359 g/mol. The molecule has 1 aromatic carbocycles. The Morgan fingerprint density at radius 3 is 2.52 bits per heavy atom. The number of nitrogens with one attached hydrogen (secondary N) is 1. The van der Waals surface area contributed by atoms with Gasteiger partial charge in [0.25, 0.3) is 0 Å². The number of benzene rings is 1. The lowest BCUT2D eigenvalue weighted by molar-refractivity contribution is 0.402. The van der Waals surface area contributed by atoms with Crippen molar-refractivity contribution in [3.63, 3.8) is 0 Å². The van der Waals surface area contributed by atoms with Gasteiger partial charge in [0, 0.05) is 12.1 Å². The molecule has 1 aliphatic carbocycles. The van der Waals surface area contributed by atoms with Crippen LogP contribution in [0.1, 0.15) is 18.4 Å². The summed E-state index contributed by atoms with van der Waals surface area (Å²) in [5.74, 6) is -0.205. The zero-order chi connectivity index (χ0) is 16.8. The topological polar surface area (TPSA) is 89.5 Å². The molecule has 1 saturated heterocycles. The zero-order valence-electron chi connectivity index (χ0n) is 13.2. The average Bonchev–Trinajstić information content (AvgIpc) is 3.22. The molecular formula is C15H21NO5S2. The van der Waals surface area contributed by atoms with Gasteiger partial charge in [-0.3, -0.25) is 0 Å². The number of hydrogen-bond donors (Lipinski definition) is 1. The monoisotopic (exact) mass is 359 g/mol. The summed E-state index contributed by atoms with van der Waals surface area (Å²) in [5, 5.41) is 2.22. The third-order valence-electron chi connectivity index (χ3n) is 4.35. The maximum absolute atomic E-state index is 13.1. The lowest BCUT2D eigenvalue weighted by Crippen LogP contribution is -2.44. The zero-order valence-corrected chi connectivity index (χ0v) is 14.8. The van der Waals surface area contributed by atoms with Crippen LogP contribution >= 0.6 is 0 Å². The van der Waals surface area contributed by atoms with E-state index in [1.165, 1.54) is 7.11 Å². The van der Waals surface area contributed by atoms with Crippen LogP contribution in [0.15, 0.2) is 23.1 Å². The molecule has 0 radical (unpaired) electrons. The standard InChI is InChI=1S/C15H21NO5S2/c1-10-3-6-13(21-2)14(7-10)23(19,20)15-9-22(17,18)8-12(15)16-11-4-5-11/h3,6-7,11-12,15-16H,4-5,8-9H2,1-2H3. The highest BCUT2D eigenvalue weighted by Gasteiger charge is 2.48. The predicted octanol–water partition coefficient (Wildman–Crippen LogP) is 0.695. The predicted molar refractivity (Wildman–Crippen MR) is 87.3 cm³/mol. The van der Waals surface area contributed by atoms with Crippen LogP contribution in [0.2, 0.25) is 0 Å². The Kier molecular flexibility index (Phi) is 4.18. The maximum atomic E-state index is 13.1. The van der Waals surface area contributed by atoms with Crippen LogP contribution in [-0.2, 0) is 19.7 Å². The van der Waals surface area contributed by atoms with Crippen LogP contribution in [-0.4, -0.2) is 52.8 Å². The fourth-order valence-corrected chi connectivity index (χ4v) is 7.92. The van der Waals surface area contributed by atoms with Gasteiger partial charge in [-0.05, 0) is 37.5 Å². The fourth-order valence-electron chi connectivity index (χ4n) is 3.00. The molecule has 0 bridgehead atoms. The van der Waals surface area contributed by atoms with E-state index in [4.69, 9.17) is 4.74 Å². The van der Waals surface area contributed by atoms with Crippen LogP contribution in [0, 0.1) is 6.92 Å². The van der Waals surface area contributed by atoms with Gasteiger partial charge in [0.1, 0.15) is 10.6 Å². The SMILES string of the molecule is COc1ccc(C)cc1S(=O)(=O)C1CS(=O)(=O)CC1NC1CC1. The van der Waals surface area contributed by atoms with Crippen molar-refractivity contribution in [3.05, 3.63) is 23.8 Å². The summed E-state index contributed by atoms with van der Waals surface area (Å²) < 4.78 is 55.4. The number of aryl methyl sites for hydroxylation is 1. The Hall–Kier alpha value is -1.12. The number of rotatable bonds is 5. The van der Waals surface area contributed by atoms with Crippen molar-refractivity contribution in [2.45, 2.75) is 42.0 Å². The van der Waals surface area contributed by atoms with Crippen molar-refractivity contribution >= 4 is 19.7 Å². The van der Waals surface area contributed by atoms with E-state index in [-0.39, 0.29) is 28.2 Å². The van der Waals surface area contributed by atoms with Crippen LogP contribution in [0.4, 0.5) is 0 Å². The Bertz CT molecular complexity index is 812. The van der Waals surface area contributed by atoms with E-state index in [9.17, 15) is 16.8 Å². The van der Waals surface area contributed by atoms with E-state index in [1.807, 2.05) is 0 Å². The van der Waals surface area contributed by atoms with Gasteiger partial charge in [-0.1, -0.05) is 6.07 Å². The summed E-state index contributed by atoms with van der Waals surface area (Å²) >= 11 is 0. The van der Waals surface area contributed by atoms with Gasteiger partial charge < -0.3 is 10.1 Å². The van der Waals surface area contributed by atoms with Gasteiger partial charge in [-0.15, -0.1) is 0 Å².